The third-order valence-electron chi connectivity index (χ3n) is 3.12. The van der Waals surface area contributed by atoms with Gasteiger partial charge in [-0.15, -0.1) is 0 Å². The zero-order chi connectivity index (χ0) is 18.4. The third-order valence-corrected chi connectivity index (χ3v) is 3.12. The Balaban J connectivity index is 2.01. The number of aromatic nitrogens is 3. The van der Waals surface area contributed by atoms with Gasteiger partial charge in [0, 0.05) is 24.9 Å². The van der Waals surface area contributed by atoms with Crippen LogP contribution in [0.2, 0.25) is 0 Å². The molecule has 0 fully saturated rings. The molecule has 0 radical (unpaired) electrons. The average molecular weight is 354 g/mol. The number of carbonyl (C=O) groups is 1. The first-order valence-corrected chi connectivity index (χ1v) is 7.59. The van der Waals surface area contributed by atoms with E-state index in [9.17, 15) is 18.0 Å². The summed E-state index contributed by atoms with van der Waals surface area (Å²) < 4.78 is 43.5. The number of aryl methyl sites for hydroxylation is 1. The molecule has 0 spiro atoms. The van der Waals surface area contributed by atoms with Gasteiger partial charge in [-0.1, -0.05) is 0 Å². The van der Waals surface area contributed by atoms with E-state index >= 15 is 0 Å². The van der Waals surface area contributed by atoms with Gasteiger partial charge < -0.3 is 10.1 Å². The Morgan fingerprint density at radius 3 is 2.76 bits per heavy atom. The Kier molecular flexibility index (Phi) is 5.89. The average Bonchev–Trinajstić information content (AvgIpc) is 2.54. The topological polar surface area (TPSA) is 77.0 Å². The number of hydrogen-bond acceptors (Lipinski definition) is 5. The van der Waals surface area contributed by atoms with E-state index in [0.717, 1.165) is 6.07 Å². The third kappa shape index (κ3) is 5.13. The van der Waals surface area contributed by atoms with Crippen LogP contribution in [0.4, 0.5) is 13.2 Å². The number of nitrogens with zero attached hydrogens (tertiary/aromatic N) is 3. The molecule has 0 aliphatic carbocycles. The number of halogens is 3. The standard InChI is InChI=1S/C16H17F3N4O2/c1-3-25-15-11(5-4-7-21-15)14(24)20-8-6-13-22-10(2)9-12(23-13)16(17,18)19/h4-5,7,9H,3,6,8H2,1-2H3,(H,20,24). The Bertz CT molecular complexity index is 750. The smallest absolute Gasteiger partial charge is 0.433 e. The van der Waals surface area contributed by atoms with Crippen molar-refractivity contribution in [2.24, 2.45) is 0 Å². The lowest BCUT2D eigenvalue weighted by atomic mass is 10.2. The number of nitrogens with one attached hydrogen (secondary N) is 1. The number of hydrogen-bond donors (Lipinski definition) is 1. The summed E-state index contributed by atoms with van der Waals surface area (Å²) >= 11 is 0. The van der Waals surface area contributed by atoms with Crippen molar-refractivity contribution in [3.63, 3.8) is 0 Å². The molecule has 1 amide bonds. The lowest BCUT2D eigenvalue weighted by Gasteiger charge is -2.10. The van der Waals surface area contributed by atoms with E-state index in [1.807, 2.05) is 0 Å². The molecule has 0 saturated carbocycles. The van der Waals surface area contributed by atoms with Crippen molar-refractivity contribution < 1.29 is 22.7 Å². The maximum atomic E-state index is 12.8. The predicted molar refractivity (Wildman–Crippen MR) is 83.2 cm³/mol. The second kappa shape index (κ2) is 7.91. The Morgan fingerprint density at radius 1 is 1.32 bits per heavy atom. The van der Waals surface area contributed by atoms with Crippen LogP contribution in [0.25, 0.3) is 0 Å². The number of rotatable bonds is 6. The first-order chi connectivity index (χ1) is 11.8. The van der Waals surface area contributed by atoms with Crippen LogP contribution in [0, 0.1) is 6.92 Å². The quantitative estimate of drug-likeness (QED) is 0.863. The molecule has 0 saturated heterocycles. The number of carbonyl (C=O) groups excluding carboxylic acids is 1. The summed E-state index contributed by atoms with van der Waals surface area (Å²) in [6, 6.07) is 4.03. The molecule has 2 heterocycles. The van der Waals surface area contributed by atoms with Crippen molar-refractivity contribution >= 4 is 5.91 Å². The molecule has 0 bridgehead atoms. The molecule has 1 N–H and O–H groups in total. The molecule has 0 unspecified atom stereocenters. The number of alkyl halides is 3. The van der Waals surface area contributed by atoms with Crippen LogP contribution in [0.15, 0.2) is 24.4 Å². The van der Waals surface area contributed by atoms with E-state index in [1.165, 1.54) is 13.1 Å². The van der Waals surface area contributed by atoms with Crippen LogP contribution in [0.3, 0.4) is 0 Å². The summed E-state index contributed by atoms with van der Waals surface area (Å²) in [5, 5.41) is 2.60. The SMILES string of the molecule is CCOc1ncccc1C(=O)NCCc1nc(C)cc(C(F)(F)F)n1. The second-order valence-electron chi connectivity index (χ2n) is 5.10. The highest BCUT2D eigenvalue weighted by Gasteiger charge is 2.33. The van der Waals surface area contributed by atoms with Gasteiger partial charge in [0.1, 0.15) is 17.1 Å². The molecule has 2 aromatic heterocycles. The van der Waals surface area contributed by atoms with E-state index < -0.39 is 17.8 Å². The fourth-order valence-corrected chi connectivity index (χ4v) is 2.09. The molecule has 0 aliphatic rings. The Hall–Kier alpha value is -2.71. The van der Waals surface area contributed by atoms with Crippen molar-refractivity contribution in [1.82, 2.24) is 20.3 Å². The van der Waals surface area contributed by atoms with E-state index in [0.29, 0.717) is 6.61 Å². The van der Waals surface area contributed by atoms with E-state index in [2.05, 4.69) is 20.3 Å². The van der Waals surface area contributed by atoms with Crippen molar-refractivity contribution in [3.05, 3.63) is 47.2 Å². The molecular weight excluding hydrogens is 337 g/mol. The Morgan fingerprint density at radius 2 is 2.08 bits per heavy atom. The molecular formula is C16H17F3N4O2. The number of amides is 1. The van der Waals surface area contributed by atoms with Crippen LogP contribution in [-0.4, -0.2) is 34.0 Å². The Labute approximate surface area is 142 Å². The zero-order valence-electron chi connectivity index (χ0n) is 13.7. The predicted octanol–water partition coefficient (Wildman–Crippen LogP) is 2.57. The highest BCUT2D eigenvalue weighted by Crippen LogP contribution is 2.27. The van der Waals surface area contributed by atoms with Crippen molar-refractivity contribution in [3.8, 4) is 5.88 Å². The van der Waals surface area contributed by atoms with E-state index in [4.69, 9.17) is 4.74 Å². The minimum absolute atomic E-state index is 0.0174. The molecule has 9 heteroatoms. The van der Waals surface area contributed by atoms with Gasteiger partial charge in [-0.05, 0) is 32.0 Å². The molecule has 6 nitrogen and oxygen atoms in total. The van der Waals surface area contributed by atoms with Crippen LogP contribution in [0.5, 0.6) is 5.88 Å². The number of ether oxygens (including phenoxy) is 1. The van der Waals surface area contributed by atoms with Crippen molar-refractivity contribution in [2.75, 3.05) is 13.2 Å². The molecule has 134 valence electrons. The summed E-state index contributed by atoms with van der Waals surface area (Å²) in [6.45, 7) is 3.67. The van der Waals surface area contributed by atoms with Crippen LogP contribution in [-0.2, 0) is 12.6 Å². The lowest BCUT2D eigenvalue weighted by Crippen LogP contribution is -2.27. The highest BCUT2D eigenvalue weighted by molar-refractivity contribution is 5.96. The fraction of sp³-hybridized carbons (Fsp3) is 0.375. The van der Waals surface area contributed by atoms with E-state index in [-0.39, 0.29) is 35.9 Å². The summed E-state index contributed by atoms with van der Waals surface area (Å²) in [7, 11) is 0. The molecule has 2 rings (SSSR count). The molecule has 2 aromatic rings. The van der Waals surface area contributed by atoms with Gasteiger partial charge in [0.05, 0.1) is 6.61 Å². The molecule has 25 heavy (non-hydrogen) atoms. The van der Waals surface area contributed by atoms with Gasteiger partial charge in [0.25, 0.3) is 5.91 Å². The molecule has 0 atom stereocenters. The first-order valence-electron chi connectivity index (χ1n) is 7.59. The maximum absolute atomic E-state index is 12.8. The molecule has 0 aliphatic heterocycles. The largest absolute Gasteiger partial charge is 0.477 e. The summed E-state index contributed by atoms with van der Waals surface area (Å²) in [6.07, 6.45) is -2.96. The van der Waals surface area contributed by atoms with Gasteiger partial charge in [-0.3, -0.25) is 4.79 Å². The second-order valence-corrected chi connectivity index (χ2v) is 5.10. The van der Waals surface area contributed by atoms with Gasteiger partial charge in [0.2, 0.25) is 5.88 Å². The van der Waals surface area contributed by atoms with Gasteiger partial charge in [-0.25, -0.2) is 15.0 Å². The minimum atomic E-state index is -4.53. The molecule has 0 aromatic carbocycles. The van der Waals surface area contributed by atoms with Crippen molar-refractivity contribution in [2.45, 2.75) is 26.4 Å². The first kappa shape index (κ1) is 18.6. The van der Waals surface area contributed by atoms with Crippen LogP contribution < -0.4 is 10.1 Å². The monoisotopic (exact) mass is 354 g/mol. The summed E-state index contributed by atoms with van der Waals surface area (Å²) in [5.41, 5.74) is -0.521. The van der Waals surface area contributed by atoms with Gasteiger partial charge >= 0.3 is 6.18 Å². The summed E-state index contributed by atoms with van der Waals surface area (Å²) in [5.74, 6) is -0.210. The van der Waals surface area contributed by atoms with Crippen molar-refractivity contribution in [1.29, 1.82) is 0 Å². The van der Waals surface area contributed by atoms with E-state index in [1.54, 1.807) is 19.1 Å². The number of pyridine rings is 1. The lowest BCUT2D eigenvalue weighted by molar-refractivity contribution is -0.141. The van der Waals surface area contributed by atoms with Gasteiger partial charge in [-0.2, -0.15) is 13.2 Å². The van der Waals surface area contributed by atoms with Gasteiger partial charge in [0.15, 0.2) is 0 Å². The maximum Gasteiger partial charge on any atom is 0.433 e. The fourth-order valence-electron chi connectivity index (χ4n) is 2.09. The normalized spacial score (nSPS) is 11.2. The highest BCUT2D eigenvalue weighted by atomic mass is 19.4. The summed E-state index contributed by atoms with van der Waals surface area (Å²) in [4.78, 5) is 23.6. The zero-order valence-corrected chi connectivity index (χ0v) is 13.7. The minimum Gasteiger partial charge on any atom is -0.477 e. The van der Waals surface area contributed by atoms with Crippen LogP contribution >= 0.6 is 0 Å². The van der Waals surface area contributed by atoms with Crippen LogP contribution in [0.1, 0.15) is 34.5 Å².